The molecule has 84 valence electrons. The van der Waals surface area contributed by atoms with E-state index < -0.39 is 7.12 Å². The van der Waals surface area contributed by atoms with Crippen molar-refractivity contribution < 1.29 is 19.5 Å². The van der Waals surface area contributed by atoms with Gasteiger partial charge in [0.15, 0.2) is 11.5 Å². The molecule has 0 fully saturated rings. The number of fused-ring (bicyclic) bond motifs is 1. The Bertz CT molecular complexity index is 509. The van der Waals surface area contributed by atoms with Gasteiger partial charge in [0.05, 0.1) is 14.2 Å². The van der Waals surface area contributed by atoms with E-state index in [4.69, 9.17) is 19.5 Å². The molecule has 16 heavy (non-hydrogen) atoms. The Balaban J connectivity index is 2.66. The first-order valence-corrected chi connectivity index (χ1v) is 4.76. The fourth-order valence-electron chi connectivity index (χ4n) is 1.68. The number of benzene rings is 1. The highest BCUT2D eigenvalue weighted by atomic mass is 16.5. The van der Waals surface area contributed by atoms with Crippen molar-refractivity contribution in [2.24, 2.45) is 0 Å². The predicted octanol–water partition coefficient (Wildman–Crippen LogP) is -0.135. The van der Waals surface area contributed by atoms with Gasteiger partial charge in [0.2, 0.25) is 0 Å². The fraction of sp³-hybridized carbons (Fsp3) is 0.200. The molecule has 5 nitrogen and oxygen atoms in total. The van der Waals surface area contributed by atoms with Gasteiger partial charge in [-0.15, -0.1) is 0 Å². The van der Waals surface area contributed by atoms with E-state index in [9.17, 15) is 0 Å². The van der Waals surface area contributed by atoms with Crippen molar-refractivity contribution in [1.29, 1.82) is 0 Å². The Labute approximate surface area is 92.8 Å². The van der Waals surface area contributed by atoms with Crippen LogP contribution in [0.25, 0.3) is 10.9 Å². The molecule has 1 aromatic heterocycles. The second-order valence-electron chi connectivity index (χ2n) is 3.37. The summed E-state index contributed by atoms with van der Waals surface area (Å²) in [5, 5.41) is 19.0. The lowest BCUT2D eigenvalue weighted by atomic mass is 9.80. The van der Waals surface area contributed by atoms with Gasteiger partial charge in [-0.3, -0.25) is 0 Å². The smallest absolute Gasteiger partial charge is 0.490 e. The van der Waals surface area contributed by atoms with Crippen LogP contribution in [-0.4, -0.2) is 36.4 Å². The molecule has 0 atom stereocenters. The molecular formula is C10H12BNO4. The fourth-order valence-corrected chi connectivity index (χ4v) is 1.68. The maximum Gasteiger partial charge on any atom is 0.490 e. The third-order valence-corrected chi connectivity index (χ3v) is 2.50. The molecule has 0 aliphatic rings. The SMILES string of the molecule is COc1cc2[nH]cc(B(O)O)c2cc1OC. The molecule has 3 N–H and O–H groups in total. The van der Waals surface area contributed by atoms with E-state index in [1.165, 1.54) is 7.11 Å². The van der Waals surface area contributed by atoms with Crippen molar-refractivity contribution in [3.8, 4) is 11.5 Å². The van der Waals surface area contributed by atoms with Gasteiger partial charge in [-0.1, -0.05) is 0 Å². The first-order valence-electron chi connectivity index (χ1n) is 4.76. The lowest BCUT2D eigenvalue weighted by Crippen LogP contribution is -2.28. The van der Waals surface area contributed by atoms with E-state index in [2.05, 4.69) is 4.98 Å². The third-order valence-electron chi connectivity index (χ3n) is 2.50. The molecule has 0 unspecified atom stereocenters. The molecule has 0 saturated heterocycles. The molecule has 0 saturated carbocycles. The topological polar surface area (TPSA) is 74.7 Å². The van der Waals surface area contributed by atoms with Crippen molar-refractivity contribution >= 4 is 23.5 Å². The number of aromatic nitrogens is 1. The minimum Gasteiger partial charge on any atom is -0.493 e. The minimum atomic E-state index is -1.51. The van der Waals surface area contributed by atoms with E-state index in [0.717, 1.165) is 5.52 Å². The number of hydrogen-bond donors (Lipinski definition) is 3. The highest BCUT2D eigenvalue weighted by molar-refractivity contribution is 6.62. The molecule has 0 spiro atoms. The Morgan fingerprint density at radius 3 is 2.31 bits per heavy atom. The van der Waals surface area contributed by atoms with Crippen LogP contribution in [-0.2, 0) is 0 Å². The van der Waals surface area contributed by atoms with Crippen molar-refractivity contribution in [3.05, 3.63) is 18.3 Å². The van der Waals surface area contributed by atoms with Gasteiger partial charge in [0.25, 0.3) is 0 Å². The zero-order chi connectivity index (χ0) is 11.7. The number of hydrogen-bond acceptors (Lipinski definition) is 4. The minimum absolute atomic E-state index is 0.413. The van der Waals surface area contributed by atoms with Crippen LogP contribution < -0.4 is 14.9 Å². The van der Waals surface area contributed by atoms with Crippen LogP contribution in [0.1, 0.15) is 0 Å². The van der Waals surface area contributed by atoms with E-state index >= 15 is 0 Å². The number of H-pyrrole nitrogens is 1. The number of rotatable bonds is 3. The third kappa shape index (κ3) is 1.62. The predicted molar refractivity (Wildman–Crippen MR) is 61.2 cm³/mol. The number of nitrogens with one attached hydrogen (secondary N) is 1. The molecule has 1 heterocycles. The highest BCUT2D eigenvalue weighted by Gasteiger charge is 2.18. The summed E-state index contributed by atoms with van der Waals surface area (Å²) in [4.78, 5) is 2.94. The van der Waals surface area contributed by atoms with Crippen LogP contribution in [0, 0.1) is 0 Å². The highest BCUT2D eigenvalue weighted by Crippen LogP contribution is 2.30. The Morgan fingerprint density at radius 2 is 1.75 bits per heavy atom. The van der Waals surface area contributed by atoms with Crippen LogP contribution in [0.4, 0.5) is 0 Å². The van der Waals surface area contributed by atoms with Gasteiger partial charge in [-0.05, 0) is 6.07 Å². The molecule has 0 amide bonds. The van der Waals surface area contributed by atoms with Gasteiger partial charge in [-0.2, -0.15) is 0 Å². The second kappa shape index (κ2) is 4.07. The molecule has 0 bridgehead atoms. The summed E-state index contributed by atoms with van der Waals surface area (Å²) in [6, 6.07) is 3.46. The Kier molecular flexibility index (Phi) is 2.76. The van der Waals surface area contributed by atoms with Crippen molar-refractivity contribution in [3.63, 3.8) is 0 Å². The normalized spacial score (nSPS) is 10.5. The summed E-state index contributed by atoms with van der Waals surface area (Å²) in [6.45, 7) is 0. The van der Waals surface area contributed by atoms with Gasteiger partial charge in [-0.25, -0.2) is 0 Å². The monoisotopic (exact) mass is 221 g/mol. The average Bonchev–Trinajstić information content (AvgIpc) is 2.69. The molecular weight excluding hydrogens is 209 g/mol. The summed E-state index contributed by atoms with van der Waals surface area (Å²) < 4.78 is 10.3. The molecule has 0 radical (unpaired) electrons. The number of ether oxygens (including phenoxy) is 2. The summed E-state index contributed by atoms with van der Waals surface area (Å²) >= 11 is 0. The van der Waals surface area contributed by atoms with Gasteiger partial charge >= 0.3 is 7.12 Å². The maximum absolute atomic E-state index is 9.16. The summed E-state index contributed by atoms with van der Waals surface area (Å²) in [7, 11) is 1.58. The second-order valence-corrected chi connectivity index (χ2v) is 3.37. The maximum atomic E-state index is 9.16. The molecule has 1 aromatic carbocycles. The molecule has 0 aliphatic carbocycles. The van der Waals surface area contributed by atoms with Crippen LogP contribution >= 0.6 is 0 Å². The first kappa shape index (κ1) is 10.8. The van der Waals surface area contributed by atoms with Crippen molar-refractivity contribution in [2.75, 3.05) is 14.2 Å². The zero-order valence-electron chi connectivity index (χ0n) is 9.02. The quantitative estimate of drug-likeness (QED) is 0.631. The van der Waals surface area contributed by atoms with E-state index in [1.807, 2.05) is 0 Å². The number of aromatic amines is 1. The standard InChI is InChI=1S/C10H12BNO4/c1-15-9-3-6-7(11(13)14)5-12-8(6)4-10(9)16-2/h3-5,12-14H,1-2H3. The molecule has 6 heteroatoms. The largest absolute Gasteiger partial charge is 0.493 e. The lowest BCUT2D eigenvalue weighted by Gasteiger charge is -2.07. The lowest BCUT2D eigenvalue weighted by molar-refractivity contribution is 0.356. The van der Waals surface area contributed by atoms with Crippen LogP contribution in [0.5, 0.6) is 11.5 Å². The summed E-state index contributed by atoms with van der Waals surface area (Å²) in [6.07, 6.45) is 1.55. The van der Waals surface area contributed by atoms with Crippen molar-refractivity contribution in [1.82, 2.24) is 4.98 Å². The summed E-state index contributed by atoms with van der Waals surface area (Å²) in [5.74, 6) is 1.15. The van der Waals surface area contributed by atoms with Gasteiger partial charge in [0.1, 0.15) is 0 Å². The first-order chi connectivity index (χ1) is 7.67. The zero-order valence-corrected chi connectivity index (χ0v) is 9.02. The van der Waals surface area contributed by atoms with Gasteiger partial charge in [0, 0.05) is 28.6 Å². The van der Waals surface area contributed by atoms with E-state index in [1.54, 1.807) is 25.4 Å². The molecule has 2 rings (SSSR count). The number of methoxy groups -OCH3 is 2. The molecule has 0 aliphatic heterocycles. The van der Waals surface area contributed by atoms with Crippen LogP contribution in [0.2, 0.25) is 0 Å². The van der Waals surface area contributed by atoms with E-state index in [-0.39, 0.29) is 0 Å². The van der Waals surface area contributed by atoms with Crippen molar-refractivity contribution in [2.45, 2.75) is 0 Å². The Hall–Kier alpha value is -1.66. The van der Waals surface area contributed by atoms with E-state index in [0.29, 0.717) is 22.3 Å². The Morgan fingerprint density at radius 1 is 1.12 bits per heavy atom. The summed E-state index contributed by atoms with van der Waals surface area (Å²) in [5.41, 5.74) is 1.18. The van der Waals surface area contributed by atoms with Gasteiger partial charge < -0.3 is 24.5 Å². The van der Waals surface area contributed by atoms with Crippen LogP contribution in [0.15, 0.2) is 18.3 Å². The van der Waals surface area contributed by atoms with Crippen LogP contribution in [0.3, 0.4) is 0 Å². The average molecular weight is 221 g/mol. The molecule has 2 aromatic rings.